The quantitative estimate of drug-likeness (QED) is 0.618. The summed E-state index contributed by atoms with van der Waals surface area (Å²) >= 11 is 0. The molecule has 2 N–H and O–H groups in total. The van der Waals surface area contributed by atoms with Crippen molar-refractivity contribution in [3.63, 3.8) is 0 Å². The van der Waals surface area contributed by atoms with E-state index >= 15 is 0 Å². The Labute approximate surface area is 126 Å². The number of carbonyl (C=O) groups excluding carboxylic acids is 3. The molecule has 22 heavy (non-hydrogen) atoms. The van der Waals surface area contributed by atoms with Gasteiger partial charge in [-0.05, 0) is 18.2 Å². The number of amides is 1. The standard InChI is InChI=1S/C14H15FN2O5/c1-16-13(19)9-6-8(4-5-10(9)15)17-11(14(20)22-3)7-12(18)21-2/h4-7,17H,1-3H3,(H,16,19)/b11-7+. The number of benzene rings is 1. The Morgan fingerprint density at radius 3 is 2.41 bits per heavy atom. The Bertz CT molecular complexity index is 628. The van der Waals surface area contributed by atoms with Gasteiger partial charge in [0.15, 0.2) is 0 Å². The van der Waals surface area contributed by atoms with Crippen LogP contribution in [0.4, 0.5) is 10.1 Å². The summed E-state index contributed by atoms with van der Waals surface area (Å²) in [7, 11) is 3.64. The number of halogens is 1. The van der Waals surface area contributed by atoms with Gasteiger partial charge < -0.3 is 20.1 Å². The van der Waals surface area contributed by atoms with Crippen LogP contribution in [0.15, 0.2) is 30.0 Å². The van der Waals surface area contributed by atoms with E-state index < -0.39 is 23.7 Å². The fourth-order valence-electron chi connectivity index (χ4n) is 1.50. The Morgan fingerprint density at radius 2 is 1.86 bits per heavy atom. The minimum atomic E-state index is -0.823. The van der Waals surface area contributed by atoms with E-state index in [1.165, 1.54) is 19.2 Å². The molecule has 118 valence electrons. The molecule has 0 aromatic heterocycles. The van der Waals surface area contributed by atoms with Crippen molar-refractivity contribution in [1.29, 1.82) is 0 Å². The molecule has 1 rings (SSSR count). The second kappa shape index (κ2) is 7.77. The van der Waals surface area contributed by atoms with E-state index in [0.717, 1.165) is 26.4 Å². The van der Waals surface area contributed by atoms with Crippen LogP contribution in [0.2, 0.25) is 0 Å². The second-order valence-corrected chi connectivity index (χ2v) is 3.97. The van der Waals surface area contributed by atoms with Gasteiger partial charge in [-0.15, -0.1) is 0 Å². The van der Waals surface area contributed by atoms with Crippen molar-refractivity contribution >= 4 is 23.5 Å². The number of esters is 2. The number of rotatable bonds is 5. The van der Waals surface area contributed by atoms with Crippen LogP contribution in [0.25, 0.3) is 0 Å². The van der Waals surface area contributed by atoms with Gasteiger partial charge in [-0.25, -0.2) is 14.0 Å². The highest BCUT2D eigenvalue weighted by Crippen LogP contribution is 2.17. The van der Waals surface area contributed by atoms with Gasteiger partial charge in [0.2, 0.25) is 0 Å². The van der Waals surface area contributed by atoms with Crippen LogP contribution < -0.4 is 10.6 Å². The van der Waals surface area contributed by atoms with Gasteiger partial charge in [0, 0.05) is 12.7 Å². The molecule has 0 atom stereocenters. The molecule has 1 aromatic rings. The van der Waals surface area contributed by atoms with Crippen molar-refractivity contribution in [2.24, 2.45) is 0 Å². The van der Waals surface area contributed by atoms with E-state index in [1.807, 2.05) is 0 Å². The third-order valence-corrected chi connectivity index (χ3v) is 2.59. The minimum absolute atomic E-state index is 0.213. The van der Waals surface area contributed by atoms with Crippen LogP contribution in [0, 0.1) is 5.82 Å². The predicted octanol–water partition coefficient (Wildman–Crippen LogP) is 0.827. The van der Waals surface area contributed by atoms with Crippen molar-refractivity contribution in [3.05, 3.63) is 41.4 Å². The van der Waals surface area contributed by atoms with Crippen LogP contribution >= 0.6 is 0 Å². The Morgan fingerprint density at radius 1 is 1.18 bits per heavy atom. The molecular formula is C14H15FN2O5. The van der Waals surface area contributed by atoms with Crippen molar-refractivity contribution in [3.8, 4) is 0 Å². The topological polar surface area (TPSA) is 93.7 Å². The highest BCUT2D eigenvalue weighted by atomic mass is 19.1. The number of anilines is 1. The first-order chi connectivity index (χ1) is 10.4. The maximum absolute atomic E-state index is 13.6. The van der Waals surface area contributed by atoms with Crippen LogP contribution in [0.3, 0.4) is 0 Å². The normalized spacial score (nSPS) is 10.6. The lowest BCUT2D eigenvalue weighted by Crippen LogP contribution is -2.20. The van der Waals surface area contributed by atoms with Crippen LogP contribution in [-0.2, 0) is 19.1 Å². The lowest BCUT2D eigenvalue weighted by atomic mass is 10.1. The summed E-state index contributed by atoms with van der Waals surface area (Å²) in [6, 6.07) is 3.55. The molecule has 1 amide bonds. The van der Waals surface area contributed by atoms with Crippen LogP contribution in [0.5, 0.6) is 0 Å². The number of ether oxygens (including phenoxy) is 2. The molecule has 0 heterocycles. The largest absolute Gasteiger partial charge is 0.466 e. The maximum atomic E-state index is 13.6. The molecule has 8 heteroatoms. The van der Waals surface area contributed by atoms with E-state index in [9.17, 15) is 18.8 Å². The first-order valence-electron chi connectivity index (χ1n) is 6.09. The van der Waals surface area contributed by atoms with E-state index in [-0.39, 0.29) is 16.9 Å². The van der Waals surface area contributed by atoms with Gasteiger partial charge in [-0.2, -0.15) is 0 Å². The maximum Gasteiger partial charge on any atom is 0.354 e. The summed E-state index contributed by atoms with van der Waals surface area (Å²) in [6.07, 6.45) is 0.884. The molecule has 1 aromatic carbocycles. The lowest BCUT2D eigenvalue weighted by molar-refractivity contribution is -0.138. The molecule has 0 aliphatic heterocycles. The smallest absolute Gasteiger partial charge is 0.354 e. The minimum Gasteiger partial charge on any atom is -0.466 e. The number of nitrogens with one attached hydrogen (secondary N) is 2. The van der Waals surface area contributed by atoms with Crippen molar-refractivity contribution in [1.82, 2.24) is 5.32 Å². The predicted molar refractivity (Wildman–Crippen MR) is 75.5 cm³/mol. The molecule has 0 aliphatic carbocycles. The highest BCUT2D eigenvalue weighted by Gasteiger charge is 2.15. The molecular weight excluding hydrogens is 295 g/mol. The van der Waals surface area contributed by atoms with Crippen LogP contribution in [-0.4, -0.2) is 39.1 Å². The van der Waals surface area contributed by atoms with E-state index in [2.05, 4.69) is 20.1 Å². The Hall–Kier alpha value is -2.90. The summed E-state index contributed by atoms with van der Waals surface area (Å²) in [5, 5.41) is 4.87. The van der Waals surface area contributed by atoms with Gasteiger partial charge in [0.05, 0.1) is 25.9 Å². The Kier molecular flexibility index (Phi) is 6.06. The first kappa shape index (κ1) is 17.2. The average Bonchev–Trinajstić information content (AvgIpc) is 2.54. The SMILES string of the molecule is CNC(=O)c1cc(N/C(=C/C(=O)OC)C(=O)OC)ccc1F. The molecule has 0 saturated heterocycles. The van der Waals surface area contributed by atoms with Gasteiger partial charge in [0.25, 0.3) is 5.91 Å². The average molecular weight is 310 g/mol. The zero-order chi connectivity index (χ0) is 16.7. The number of methoxy groups -OCH3 is 2. The van der Waals surface area contributed by atoms with Gasteiger partial charge >= 0.3 is 11.9 Å². The van der Waals surface area contributed by atoms with Crippen molar-refractivity contribution in [2.75, 3.05) is 26.6 Å². The molecule has 0 spiro atoms. The summed E-state index contributed by atoms with van der Waals surface area (Å²) in [5.41, 5.74) is -0.209. The molecule has 0 aliphatic rings. The second-order valence-electron chi connectivity index (χ2n) is 3.97. The fourth-order valence-corrected chi connectivity index (χ4v) is 1.50. The summed E-state index contributed by atoms with van der Waals surface area (Å²) in [5.74, 6) is -2.95. The lowest BCUT2D eigenvalue weighted by Gasteiger charge is -2.10. The highest BCUT2D eigenvalue weighted by molar-refractivity contribution is 5.99. The third-order valence-electron chi connectivity index (χ3n) is 2.59. The van der Waals surface area contributed by atoms with E-state index in [1.54, 1.807) is 0 Å². The molecule has 0 fully saturated rings. The molecule has 0 saturated carbocycles. The van der Waals surface area contributed by atoms with E-state index in [0.29, 0.717) is 0 Å². The van der Waals surface area contributed by atoms with Gasteiger partial charge in [-0.3, -0.25) is 4.79 Å². The third kappa shape index (κ3) is 4.30. The summed E-state index contributed by atoms with van der Waals surface area (Å²) in [4.78, 5) is 34.4. The summed E-state index contributed by atoms with van der Waals surface area (Å²) in [6.45, 7) is 0. The molecule has 0 bridgehead atoms. The molecule has 0 radical (unpaired) electrons. The molecule has 0 unspecified atom stereocenters. The van der Waals surface area contributed by atoms with Gasteiger partial charge in [-0.1, -0.05) is 0 Å². The zero-order valence-electron chi connectivity index (χ0n) is 12.2. The monoisotopic (exact) mass is 310 g/mol. The first-order valence-corrected chi connectivity index (χ1v) is 6.09. The van der Waals surface area contributed by atoms with E-state index in [4.69, 9.17) is 0 Å². The van der Waals surface area contributed by atoms with Crippen LogP contribution in [0.1, 0.15) is 10.4 Å². The number of hydrogen-bond donors (Lipinski definition) is 2. The number of carbonyl (C=O) groups is 3. The van der Waals surface area contributed by atoms with Crippen molar-refractivity contribution in [2.45, 2.75) is 0 Å². The zero-order valence-corrected chi connectivity index (χ0v) is 12.2. The summed E-state index contributed by atoms with van der Waals surface area (Å²) < 4.78 is 22.5. The van der Waals surface area contributed by atoms with Gasteiger partial charge in [0.1, 0.15) is 11.5 Å². The number of hydrogen-bond acceptors (Lipinski definition) is 6. The molecule has 7 nitrogen and oxygen atoms in total. The Balaban J connectivity index is 3.14. The fraction of sp³-hybridized carbons (Fsp3) is 0.214. The van der Waals surface area contributed by atoms with Crippen molar-refractivity contribution < 1.29 is 28.2 Å².